The number of amides is 2. The van der Waals surface area contributed by atoms with Crippen LogP contribution in [0.5, 0.6) is 0 Å². The van der Waals surface area contributed by atoms with E-state index in [2.05, 4.69) is 5.32 Å². The molecule has 36 heavy (non-hydrogen) atoms. The van der Waals surface area contributed by atoms with Crippen molar-refractivity contribution in [3.63, 3.8) is 0 Å². The minimum Gasteiger partial charge on any atom is -0.355 e. The van der Waals surface area contributed by atoms with Crippen LogP contribution in [-0.2, 0) is 26.2 Å². The first-order valence-corrected chi connectivity index (χ1v) is 13.5. The molecule has 3 rings (SSSR count). The van der Waals surface area contributed by atoms with E-state index in [4.69, 9.17) is 23.2 Å². The largest absolute Gasteiger partial charge is 0.355 e. The van der Waals surface area contributed by atoms with Crippen molar-refractivity contribution >= 4 is 50.7 Å². The van der Waals surface area contributed by atoms with E-state index in [9.17, 15) is 18.0 Å². The standard InChI is InChI=1S/C26H27Cl2N3O4S/c1-3-29-26(33)19(2)30(17-20-10-9-11-21(27)16-20)25(32)18-31(24-15-8-7-14-23(24)28)36(34,35)22-12-5-4-6-13-22/h4-16,19H,3,17-18H2,1-2H3,(H,29,33)/t19-/m0/s1. The molecule has 0 saturated heterocycles. The third kappa shape index (κ3) is 6.57. The first-order chi connectivity index (χ1) is 17.1. The zero-order valence-electron chi connectivity index (χ0n) is 19.9. The molecule has 0 aromatic heterocycles. The van der Waals surface area contributed by atoms with E-state index in [-0.39, 0.29) is 28.1 Å². The summed E-state index contributed by atoms with van der Waals surface area (Å²) < 4.78 is 28.3. The second-order valence-corrected chi connectivity index (χ2v) is 10.7. The number of nitrogens with one attached hydrogen (secondary N) is 1. The van der Waals surface area contributed by atoms with E-state index in [1.54, 1.807) is 74.5 Å². The minimum absolute atomic E-state index is 0.0101. The molecular formula is C26H27Cl2N3O4S. The highest BCUT2D eigenvalue weighted by Gasteiger charge is 2.33. The van der Waals surface area contributed by atoms with Gasteiger partial charge in [0.25, 0.3) is 10.0 Å². The average molecular weight is 548 g/mol. The topological polar surface area (TPSA) is 86.8 Å². The Morgan fingerprint density at radius 2 is 1.61 bits per heavy atom. The van der Waals surface area contributed by atoms with E-state index < -0.39 is 28.5 Å². The Morgan fingerprint density at radius 3 is 2.25 bits per heavy atom. The van der Waals surface area contributed by atoms with E-state index in [1.165, 1.54) is 23.1 Å². The number of likely N-dealkylation sites (N-methyl/N-ethyl adjacent to an activating group) is 1. The van der Waals surface area contributed by atoms with E-state index in [1.807, 2.05) is 0 Å². The molecule has 0 bridgehead atoms. The van der Waals surface area contributed by atoms with Gasteiger partial charge in [0.1, 0.15) is 12.6 Å². The molecule has 0 aliphatic rings. The van der Waals surface area contributed by atoms with Crippen molar-refractivity contribution in [2.45, 2.75) is 31.3 Å². The van der Waals surface area contributed by atoms with Gasteiger partial charge in [0.15, 0.2) is 0 Å². The second kappa shape index (κ2) is 12.3. The predicted molar refractivity (Wildman–Crippen MR) is 143 cm³/mol. The zero-order chi connectivity index (χ0) is 26.3. The van der Waals surface area contributed by atoms with Crippen molar-refractivity contribution in [1.29, 1.82) is 0 Å². The van der Waals surface area contributed by atoms with Crippen molar-refractivity contribution in [3.05, 3.63) is 94.5 Å². The molecule has 190 valence electrons. The Hall–Kier alpha value is -3.07. The van der Waals surface area contributed by atoms with E-state index in [0.29, 0.717) is 17.1 Å². The first kappa shape index (κ1) is 27.5. The van der Waals surface area contributed by atoms with E-state index >= 15 is 0 Å². The molecule has 1 atom stereocenters. The number of anilines is 1. The molecule has 10 heteroatoms. The van der Waals surface area contributed by atoms with Crippen LogP contribution in [0.15, 0.2) is 83.8 Å². The van der Waals surface area contributed by atoms with Gasteiger partial charge in [0.2, 0.25) is 11.8 Å². The SMILES string of the molecule is CCNC(=O)[C@H](C)N(Cc1cccc(Cl)c1)C(=O)CN(c1ccccc1Cl)S(=O)(=O)c1ccccc1. The maximum Gasteiger partial charge on any atom is 0.264 e. The molecule has 0 radical (unpaired) electrons. The van der Waals surface area contributed by atoms with Crippen LogP contribution in [0.4, 0.5) is 5.69 Å². The number of sulfonamides is 1. The van der Waals surface area contributed by atoms with Crippen LogP contribution in [0.25, 0.3) is 0 Å². The molecule has 0 unspecified atom stereocenters. The smallest absolute Gasteiger partial charge is 0.264 e. The first-order valence-electron chi connectivity index (χ1n) is 11.3. The van der Waals surface area contributed by atoms with Gasteiger partial charge in [0, 0.05) is 18.1 Å². The molecule has 0 spiro atoms. The Balaban J connectivity index is 2.03. The Bertz CT molecular complexity index is 1320. The molecule has 0 aliphatic heterocycles. The van der Waals surface area contributed by atoms with Gasteiger partial charge >= 0.3 is 0 Å². The van der Waals surface area contributed by atoms with Gasteiger partial charge in [-0.3, -0.25) is 13.9 Å². The molecule has 0 heterocycles. The number of carbonyl (C=O) groups excluding carboxylic acids is 2. The summed E-state index contributed by atoms with van der Waals surface area (Å²) in [5, 5.41) is 3.37. The Morgan fingerprint density at radius 1 is 0.944 bits per heavy atom. The fourth-order valence-electron chi connectivity index (χ4n) is 3.62. The van der Waals surface area contributed by atoms with Crippen molar-refractivity contribution in [3.8, 4) is 0 Å². The lowest BCUT2D eigenvalue weighted by Gasteiger charge is -2.32. The molecular weight excluding hydrogens is 521 g/mol. The second-order valence-electron chi connectivity index (χ2n) is 8.00. The number of hydrogen-bond acceptors (Lipinski definition) is 4. The normalized spacial score (nSPS) is 12.0. The molecule has 0 saturated carbocycles. The molecule has 7 nitrogen and oxygen atoms in total. The third-order valence-corrected chi connectivity index (χ3v) is 7.82. The van der Waals surface area contributed by atoms with Gasteiger partial charge in [0.05, 0.1) is 15.6 Å². The number of carbonyl (C=O) groups is 2. The van der Waals surface area contributed by atoms with Gasteiger partial charge < -0.3 is 10.2 Å². The van der Waals surface area contributed by atoms with Gasteiger partial charge in [-0.2, -0.15) is 0 Å². The summed E-state index contributed by atoms with van der Waals surface area (Å²) in [7, 11) is -4.16. The molecule has 0 aliphatic carbocycles. The lowest BCUT2D eigenvalue weighted by Crippen LogP contribution is -2.51. The van der Waals surface area contributed by atoms with Crippen LogP contribution in [0, 0.1) is 0 Å². The fraction of sp³-hybridized carbons (Fsp3) is 0.231. The van der Waals surface area contributed by atoms with Crippen LogP contribution >= 0.6 is 23.2 Å². The summed E-state index contributed by atoms with van der Waals surface area (Å²) in [5.74, 6) is -0.934. The highest BCUT2D eigenvalue weighted by Crippen LogP contribution is 2.30. The highest BCUT2D eigenvalue weighted by molar-refractivity contribution is 7.92. The quantitative estimate of drug-likeness (QED) is 0.397. The lowest BCUT2D eigenvalue weighted by atomic mass is 10.1. The number of benzene rings is 3. The summed E-state index contributed by atoms with van der Waals surface area (Å²) in [6.07, 6.45) is 0. The number of para-hydroxylation sites is 1. The molecule has 3 aromatic carbocycles. The average Bonchev–Trinajstić information content (AvgIpc) is 2.86. The highest BCUT2D eigenvalue weighted by atomic mass is 35.5. The van der Waals surface area contributed by atoms with Gasteiger partial charge in [-0.05, 0) is 55.8 Å². The maximum atomic E-state index is 13.7. The Kier molecular flexibility index (Phi) is 9.37. The monoisotopic (exact) mass is 547 g/mol. The third-order valence-electron chi connectivity index (χ3n) is 5.49. The molecule has 3 aromatic rings. The summed E-state index contributed by atoms with van der Waals surface area (Å²) in [5.41, 5.74) is 0.854. The van der Waals surface area contributed by atoms with Gasteiger partial charge in [-0.15, -0.1) is 0 Å². The maximum absolute atomic E-state index is 13.7. The molecule has 1 N–H and O–H groups in total. The van der Waals surface area contributed by atoms with Crippen LogP contribution in [-0.4, -0.2) is 44.3 Å². The number of halogens is 2. The fourth-order valence-corrected chi connectivity index (χ4v) is 5.58. The minimum atomic E-state index is -4.16. The zero-order valence-corrected chi connectivity index (χ0v) is 22.2. The predicted octanol–water partition coefficient (Wildman–Crippen LogP) is 4.74. The van der Waals surface area contributed by atoms with Crippen molar-refractivity contribution in [2.24, 2.45) is 0 Å². The van der Waals surface area contributed by atoms with E-state index in [0.717, 1.165) is 4.31 Å². The summed E-state index contributed by atoms with van der Waals surface area (Å²) in [6.45, 7) is 3.25. The van der Waals surface area contributed by atoms with Crippen LogP contribution < -0.4 is 9.62 Å². The number of nitrogens with zero attached hydrogens (tertiary/aromatic N) is 2. The number of rotatable bonds is 10. The van der Waals surface area contributed by atoms with Gasteiger partial charge in [-0.1, -0.05) is 65.7 Å². The Labute approximate surface area is 221 Å². The lowest BCUT2D eigenvalue weighted by molar-refractivity contribution is -0.139. The van der Waals surface area contributed by atoms with Crippen LogP contribution in [0.1, 0.15) is 19.4 Å². The molecule has 0 fully saturated rings. The summed E-state index contributed by atoms with van der Waals surface area (Å²) in [4.78, 5) is 27.8. The van der Waals surface area contributed by atoms with Crippen molar-refractivity contribution < 1.29 is 18.0 Å². The van der Waals surface area contributed by atoms with Crippen LogP contribution in [0.2, 0.25) is 10.0 Å². The van der Waals surface area contributed by atoms with Crippen molar-refractivity contribution in [2.75, 3.05) is 17.4 Å². The van der Waals surface area contributed by atoms with Crippen LogP contribution in [0.3, 0.4) is 0 Å². The van der Waals surface area contributed by atoms with Crippen molar-refractivity contribution in [1.82, 2.24) is 10.2 Å². The molecule has 2 amide bonds. The van der Waals surface area contributed by atoms with Gasteiger partial charge in [-0.25, -0.2) is 8.42 Å². The number of hydrogen-bond donors (Lipinski definition) is 1. The summed E-state index contributed by atoms with van der Waals surface area (Å²) in [6, 6.07) is 20.2. The summed E-state index contributed by atoms with van der Waals surface area (Å²) >= 11 is 12.5.